The van der Waals surface area contributed by atoms with E-state index in [9.17, 15) is 14.4 Å². The normalized spacial score (nSPS) is 15.5. The maximum Gasteiger partial charge on any atom is 0.258 e. The third-order valence-electron chi connectivity index (χ3n) is 7.52. The molecule has 1 aliphatic heterocycles. The van der Waals surface area contributed by atoms with E-state index in [1.807, 2.05) is 11.8 Å². The fourth-order valence-corrected chi connectivity index (χ4v) is 5.51. The van der Waals surface area contributed by atoms with Crippen LogP contribution in [0.3, 0.4) is 0 Å². The van der Waals surface area contributed by atoms with Crippen molar-refractivity contribution in [2.75, 3.05) is 29.6 Å². The van der Waals surface area contributed by atoms with Crippen LogP contribution >= 0.6 is 11.8 Å². The Hall–Kier alpha value is -2.12. The third-order valence-corrected chi connectivity index (χ3v) is 8.59. The first-order chi connectivity index (χ1) is 18.9. The van der Waals surface area contributed by atoms with Crippen molar-refractivity contribution in [2.45, 2.75) is 98.0 Å². The standard InChI is InChI=1S/C32H50N2O4S/c1-5-7-8-9-13-26(4)29(14-10-12-25(3)6-2)38-22-11-23-39-24-21-33-32(37)27-15-17-28(18-16-27)34-30(35)19-20-31(34)36/h15-20,25-26,29H,5-14,21-24H2,1-4H3,(H,33,37). The van der Waals surface area contributed by atoms with Gasteiger partial charge >= 0.3 is 0 Å². The Bertz CT molecular complexity index is 884. The zero-order valence-corrected chi connectivity index (χ0v) is 25.4. The molecule has 3 unspecified atom stereocenters. The molecule has 6 nitrogen and oxygen atoms in total. The van der Waals surface area contributed by atoms with Crippen molar-refractivity contribution in [3.05, 3.63) is 42.0 Å². The van der Waals surface area contributed by atoms with Crippen LogP contribution in [0.1, 0.15) is 102 Å². The predicted octanol–water partition coefficient (Wildman–Crippen LogP) is 7.18. The summed E-state index contributed by atoms with van der Waals surface area (Å²) < 4.78 is 6.41. The molecule has 1 aromatic rings. The molecule has 0 spiro atoms. The number of amides is 3. The SMILES string of the molecule is CCCCCCC(C)C(CCCC(C)CC)OCCCSCCNC(=O)c1ccc(N2C(=O)C=CC2=O)cc1. The number of benzene rings is 1. The summed E-state index contributed by atoms with van der Waals surface area (Å²) in [4.78, 5) is 37.1. The number of imide groups is 1. The first-order valence-electron chi connectivity index (χ1n) is 15.0. The number of anilines is 1. The van der Waals surface area contributed by atoms with Crippen molar-refractivity contribution in [1.82, 2.24) is 5.32 Å². The van der Waals surface area contributed by atoms with Gasteiger partial charge in [-0.05, 0) is 61.1 Å². The molecule has 39 heavy (non-hydrogen) atoms. The van der Waals surface area contributed by atoms with E-state index in [1.165, 1.54) is 69.9 Å². The maximum atomic E-state index is 12.4. The predicted molar refractivity (Wildman–Crippen MR) is 163 cm³/mol. The second kappa shape index (κ2) is 19.0. The summed E-state index contributed by atoms with van der Waals surface area (Å²) in [5.41, 5.74) is 0.973. The quantitative estimate of drug-likeness (QED) is 0.128. The van der Waals surface area contributed by atoms with Crippen LogP contribution in [0.4, 0.5) is 5.69 Å². The van der Waals surface area contributed by atoms with Crippen molar-refractivity contribution >= 4 is 35.2 Å². The smallest absolute Gasteiger partial charge is 0.258 e. The van der Waals surface area contributed by atoms with Crippen LogP contribution in [0.25, 0.3) is 0 Å². The van der Waals surface area contributed by atoms with E-state index in [1.54, 1.807) is 24.3 Å². The van der Waals surface area contributed by atoms with Crippen LogP contribution in [-0.2, 0) is 14.3 Å². The molecule has 1 aromatic carbocycles. The van der Waals surface area contributed by atoms with Gasteiger partial charge in [0.2, 0.25) is 0 Å². The van der Waals surface area contributed by atoms with Gasteiger partial charge in [-0.25, -0.2) is 4.90 Å². The van der Waals surface area contributed by atoms with E-state index < -0.39 is 0 Å². The van der Waals surface area contributed by atoms with Crippen LogP contribution in [0.2, 0.25) is 0 Å². The van der Waals surface area contributed by atoms with Gasteiger partial charge in [-0.15, -0.1) is 0 Å². The molecule has 0 bridgehead atoms. The Labute approximate surface area is 240 Å². The molecule has 0 aliphatic carbocycles. The maximum absolute atomic E-state index is 12.4. The van der Waals surface area contributed by atoms with Crippen LogP contribution in [0.5, 0.6) is 0 Å². The monoisotopic (exact) mass is 558 g/mol. The second-order valence-electron chi connectivity index (χ2n) is 10.8. The average Bonchev–Trinajstić information content (AvgIpc) is 3.28. The summed E-state index contributed by atoms with van der Waals surface area (Å²) in [6, 6.07) is 6.52. The highest BCUT2D eigenvalue weighted by atomic mass is 32.2. The highest BCUT2D eigenvalue weighted by Crippen LogP contribution is 2.23. The first kappa shape index (κ1) is 33.1. The summed E-state index contributed by atoms with van der Waals surface area (Å²) in [7, 11) is 0. The molecule has 0 radical (unpaired) electrons. The minimum Gasteiger partial charge on any atom is -0.378 e. The lowest BCUT2D eigenvalue weighted by atomic mass is 9.91. The lowest BCUT2D eigenvalue weighted by Crippen LogP contribution is -2.29. The van der Waals surface area contributed by atoms with Gasteiger partial charge in [0.15, 0.2) is 0 Å². The van der Waals surface area contributed by atoms with Gasteiger partial charge < -0.3 is 10.1 Å². The Kier molecular flexibility index (Phi) is 16.2. The number of nitrogens with zero attached hydrogens (tertiary/aromatic N) is 1. The minimum absolute atomic E-state index is 0.157. The van der Waals surface area contributed by atoms with Gasteiger partial charge in [-0.2, -0.15) is 11.8 Å². The number of rotatable bonds is 21. The molecule has 1 aliphatic rings. The molecule has 0 saturated carbocycles. The number of carbonyl (C=O) groups is 3. The van der Waals surface area contributed by atoms with Crippen LogP contribution in [0, 0.1) is 11.8 Å². The number of unbranched alkanes of at least 4 members (excludes halogenated alkanes) is 3. The number of ether oxygens (including phenoxy) is 1. The first-order valence-corrected chi connectivity index (χ1v) is 16.2. The largest absolute Gasteiger partial charge is 0.378 e. The topological polar surface area (TPSA) is 75.7 Å². The van der Waals surface area contributed by atoms with Crippen molar-refractivity contribution in [2.24, 2.45) is 11.8 Å². The molecule has 1 heterocycles. The summed E-state index contributed by atoms with van der Waals surface area (Å²) in [5.74, 6) is 2.38. The van der Waals surface area contributed by atoms with Crippen molar-refractivity contribution in [3.8, 4) is 0 Å². The Morgan fingerprint density at radius 2 is 1.62 bits per heavy atom. The Balaban J connectivity index is 1.62. The van der Waals surface area contributed by atoms with Gasteiger partial charge in [0.05, 0.1) is 11.8 Å². The van der Waals surface area contributed by atoms with Gasteiger partial charge in [0.25, 0.3) is 17.7 Å². The third kappa shape index (κ3) is 12.3. The van der Waals surface area contributed by atoms with Crippen molar-refractivity contribution < 1.29 is 19.1 Å². The van der Waals surface area contributed by atoms with Gasteiger partial charge in [-0.3, -0.25) is 14.4 Å². The highest BCUT2D eigenvalue weighted by Gasteiger charge is 2.25. The van der Waals surface area contributed by atoms with Crippen LogP contribution in [-0.4, -0.2) is 48.5 Å². The molecule has 2 rings (SSSR count). The number of hydrogen-bond acceptors (Lipinski definition) is 5. The molecular formula is C32H50N2O4S. The molecular weight excluding hydrogens is 508 g/mol. The van der Waals surface area contributed by atoms with Crippen molar-refractivity contribution in [1.29, 1.82) is 0 Å². The minimum atomic E-state index is -0.367. The fourth-order valence-electron chi connectivity index (χ4n) is 4.74. The molecule has 0 fully saturated rings. The van der Waals surface area contributed by atoms with E-state index in [4.69, 9.17) is 4.74 Å². The zero-order valence-electron chi connectivity index (χ0n) is 24.6. The number of carbonyl (C=O) groups excluding carboxylic acids is 3. The summed E-state index contributed by atoms with van der Waals surface area (Å²) in [5, 5.41) is 2.94. The van der Waals surface area contributed by atoms with Crippen LogP contribution < -0.4 is 10.2 Å². The van der Waals surface area contributed by atoms with E-state index in [0.29, 0.717) is 29.8 Å². The van der Waals surface area contributed by atoms with Crippen LogP contribution in [0.15, 0.2) is 36.4 Å². The van der Waals surface area contributed by atoms with Crippen molar-refractivity contribution in [3.63, 3.8) is 0 Å². The fraction of sp³-hybridized carbons (Fsp3) is 0.656. The van der Waals surface area contributed by atoms with Gasteiger partial charge in [0, 0.05) is 36.6 Å². The number of nitrogens with one attached hydrogen (secondary N) is 1. The van der Waals surface area contributed by atoms with E-state index in [2.05, 4.69) is 33.0 Å². The van der Waals surface area contributed by atoms with E-state index in [-0.39, 0.29) is 17.7 Å². The molecule has 0 aromatic heterocycles. The Morgan fingerprint density at radius 3 is 2.28 bits per heavy atom. The average molecular weight is 559 g/mol. The molecule has 7 heteroatoms. The lowest BCUT2D eigenvalue weighted by Gasteiger charge is -2.25. The molecule has 218 valence electrons. The molecule has 1 N–H and O–H groups in total. The lowest BCUT2D eigenvalue weighted by molar-refractivity contribution is -0.119. The molecule has 3 amide bonds. The van der Waals surface area contributed by atoms with E-state index >= 15 is 0 Å². The van der Waals surface area contributed by atoms with Gasteiger partial charge in [0.1, 0.15) is 0 Å². The Morgan fingerprint density at radius 1 is 0.897 bits per heavy atom. The zero-order chi connectivity index (χ0) is 28.5. The second-order valence-corrected chi connectivity index (χ2v) is 12.0. The van der Waals surface area contributed by atoms with Gasteiger partial charge in [-0.1, -0.05) is 72.6 Å². The van der Waals surface area contributed by atoms with E-state index in [0.717, 1.165) is 35.4 Å². The molecule has 0 saturated heterocycles. The summed E-state index contributed by atoms with van der Waals surface area (Å²) >= 11 is 1.83. The number of hydrogen-bond donors (Lipinski definition) is 1. The summed E-state index contributed by atoms with van der Waals surface area (Å²) in [6.45, 7) is 10.6. The number of thioether (sulfide) groups is 1. The summed E-state index contributed by atoms with van der Waals surface area (Å²) in [6.07, 6.45) is 15.4. The highest BCUT2D eigenvalue weighted by molar-refractivity contribution is 7.99. The molecule has 3 atom stereocenters.